The Hall–Kier alpha value is -2.96. The van der Waals surface area contributed by atoms with Gasteiger partial charge in [-0.3, -0.25) is 4.40 Å². The number of aromatic amines is 1. The number of fused-ring (bicyclic) bond motifs is 2. The van der Waals surface area contributed by atoms with E-state index in [1.807, 2.05) is 29.9 Å². The molecule has 0 unspecified atom stereocenters. The Morgan fingerprint density at radius 1 is 1.24 bits per heavy atom. The molecule has 0 saturated carbocycles. The van der Waals surface area contributed by atoms with Gasteiger partial charge in [0.15, 0.2) is 0 Å². The van der Waals surface area contributed by atoms with Crippen LogP contribution in [0.5, 0.6) is 6.01 Å². The van der Waals surface area contributed by atoms with Gasteiger partial charge in [0.1, 0.15) is 5.65 Å². The van der Waals surface area contributed by atoms with Gasteiger partial charge in [-0.2, -0.15) is 4.98 Å². The summed E-state index contributed by atoms with van der Waals surface area (Å²) in [6.45, 7) is 2.44. The van der Waals surface area contributed by atoms with E-state index < -0.39 is 0 Å². The van der Waals surface area contributed by atoms with Crippen molar-refractivity contribution in [3.8, 4) is 17.1 Å². The molecule has 7 nitrogen and oxygen atoms in total. The molecule has 0 spiro atoms. The number of nitrogens with zero attached hydrogens (tertiary/aromatic N) is 5. The van der Waals surface area contributed by atoms with Crippen molar-refractivity contribution in [2.75, 3.05) is 6.61 Å². The normalized spacial score (nSPS) is 11.3. The van der Waals surface area contributed by atoms with Crippen molar-refractivity contribution in [3.05, 3.63) is 37.2 Å². The molecule has 104 valence electrons. The zero-order valence-electron chi connectivity index (χ0n) is 11.3. The smallest absolute Gasteiger partial charge is 0.318 e. The molecule has 0 amide bonds. The summed E-state index contributed by atoms with van der Waals surface area (Å²) in [5.41, 5.74) is 2.71. The second-order valence-electron chi connectivity index (χ2n) is 4.53. The predicted octanol–water partition coefficient (Wildman–Crippen LogP) is 2.07. The molecule has 0 atom stereocenters. The topological polar surface area (TPSA) is 81.0 Å². The third kappa shape index (κ3) is 1.90. The first-order chi connectivity index (χ1) is 10.3. The highest BCUT2D eigenvalue weighted by Crippen LogP contribution is 2.27. The van der Waals surface area contributed by atoms with Crippen molar-refractivity contribution >= 4 is 16.8 Å². The first kappa shape index (κ1) is 11.8. The maximum Gasteiger partial charge on any atom is 0.318 e. The maximum atomic E-state index is 5.31. The molecule has 0 radical (unpaired) electrons. The molecule has 4 heterocycles. The Bertz CT molecular complexity index is 925. The molecule has 0 aliphatic carbocycles. The molecule has 7 heteroatoms. The van der Waals surface area contributed by atoms with Crippen molar-refractivity contribution < 1.29 is 4.74 Å². The second-order valence-corrected chi connectivity index (χ2v) is 4.53. The zero-order chi connectivity index (χ0) is 14.2. The summed E-state index contributed by atoms with van der Waals surface area (Å²) in [5, 5.41) is 0.930. The van der Waals surface area contributed by atoms with Crippen LogP contribution in [0.25, 0.3) is 27.9 Å². The Labute approximate surface area is 119 Å². The van der Waals surface area contributed by atoms with Gasteiger partial charge >= 0.3 is 6.01 Å². The summed E-state index contributed by atoms with van der Waals surface area (Å²) in [6.07, 6.45) is 11.0. The van der Waals surface area contributed by atoms with Crippen molar-refractivity contribution in [1.82, 2.24) is 29.3 Å². The summed E-state index contributed by atoms with van der Waals surface area (Å²) < 4.78 is 7.19. The average Bonchev–Trinajstić information content (AvgIpc) is 3.12. The monoisotopic (exact) mass is 280 g/mol. The molecular weight excluding hydrogens is 268 g/mol. The van der Waals surface area contributed by atoms with Gasteiger partial charge in [0.2, 0.25) is 5.78 Å². The van der Waals surface area contributed by atoms with E-state index in [2.05, 4.69) is 24.9 Å². The van der Waals surface area contributed by atoms with Crippen LogP contribution < -0.4 is 4.74 Å². The van der Waals surface area contributed by atoms with Crippen LogP contribution in [0.4, 0.5) is 0 Å². The lowest BCUT2D eigenvalue weighted by molar-refractivity contribution is 0.314. The van der Waals surface area contributed by atoms with Crippen LogP contribution in [0.15, 0.2) is 37.2 Å². The molecule has 0 aromatic carbocycles. The molecule has 0 bridgehead atoms. The van der Waals surface area contributed by atoms with Crippen LogP contribution in [0, 0.1) is 0 Å². The number of aromatic nitrogens is 6. The average molecular weight is 280 g/mol. The van der Waals surface area contributed by atoms with Crippen LogP contribution >= 0.6 is 0 Å². The highest BCUT2D eigenvalue weighted by Gasteiger charge is 2.10. The molecule has 0 aliphatic heterocycles. The largest absolute Gasteiger partial charge is 0.464 e. The molecule has 0 saturated heterocycles. The van der Waals surface area contributed by atoms with E-state index in [9.17, 15) is 0 Å². The van der Waals surface area contributed by atoms with Crippen LogP contribution in [0.1, 0.15) is 6.92 Å². The van der Waals surface area contributed by atoms with Gasteiger partial charge < -0.3 is 9.72 Å². The highest BCUT2D eigenvalue weighted by molar-refractivity contribution is 5.92. The summed E-state index contributed by atoms with van der Waals surface area (Å²) in [5.74, 6) is 0.675. The lowest BCUT2D eigenvalue weighted by Gasteiger charge is -2.02. The van der Waals surface area contributed by atoms with Crippen LogP contribution in [0.2, 0.25) is 0 Å². The number of H-pyrrole nitrogens is 1. The van der Waals surface area contributed by atoms with Gasteiger partial charge in [0, 0.05) is 53.7 Å². The maximum absolute atomic E-state index is 5.31. The molecule has 4 rings (SSSR count). The third-order valence-electron chi connectivity index (χ3n) is 3.24. The predicted molar refractivity (Wildman–Crippen MR) is 77.0 cm³/mol. The van der Waals surface area contributed by atoms with E-state index in [0.717, 1.165) is 22.2 Å². The quantitative estimate of drug-likeness (QED) is 0.621. The van der Waals surface area contributed by atoms with Crippen molar-refractivity contribution in [1.29, 1.82) is 0 Å². The Kier molecular flexibility index (Phi) is 2.56. The van der Waals surface area contributed by atoms with Gasteiger partial charge in [0.25, 0.3) is 0 Å². The number of nitrogens with one attached hydrogen (secondary N) is 1. The Morgan fingerprint density at radius 2 is 2.19 bits per heavy atom. The van der Waals surface area contributed by atoms with Gasteiger partial charge in [-0.25, -0.2) is 15.0 Å². The SMILES string of the molecule is CCOc1ncc2c(-c3cnc4nccn4c3)c[nH]c2n1. The third-order valence-corrected chi connectivity index (χ3v) is 3.24. The minimum absolute atomic E-state index is 0.376. The number of imidazole rings is 1. The first-order valence-electron chi connectivity index (χ1n) is 6.61. The van der Waals surface area contributed by atoms with Gasteiger partial charge in [-0.05, 0) is 6.92 Å². The van der Waals surface area contributed by atoms with Gasteiger partial charge in [-0.15, -0.1) is 0 Å². The minimum Gasteiger partial charge on any atom is -0.464 e. The van der Waals surface area contributed by atoms with E-state index >= 15 is 0 Å². The molecule has 0 fully saturated rings. The lowest BCUT2D eigenvalue weighted by atomic mass is 10.1. The fourth-order valence-electron chi connectivity index (χ4n) is 2.28. The molecular formula is C14H12N6O. The molecule has 1 N–H and O–H groups in total. The Morgan fingerprint density at radius 3 is 3.10 bits per heavy atom. The Balaban J connectivity index is 1.85. The van der Waals surface area contributed by atoms with Crippen LogP contribution in [-0.2, 0) is 0 Å². The summed E-state index contributed by atoms with van der Waals surface area (Å²) >= 11 is 0. The fraction of sp³-hybridized carbons (Fsp3) is 0.143. The minimum atomic E-state index is 0.376. The number of rotatable bonds is 3. The van der Waals surface area contributed by atoms with E-state index in [4.69, 9.17) is 4.74 Å². The van der Waals surface area contributed by atoms with E-state index in [0.29, 0.717) is 18.4 Å². The van der Waals surface area contributed by atoms with Crippen molar-refractivity contribution in [2.24, 2.45) is 0 Å². The summed E-state index contributed by atoms with van der Waals surface area (Å²) in [7, 11) is 0. The van der Waals surface area contributed by atoms with E-state index in [1.54, 1.807) is 18.6 Å². The summed E-state index contributed by atoms with van der Waals surface area (Å²) in [6, 6.07) is 0.376. The van der Waals surface area contributed by atoms with E-state index in [-0.39, 0.29) is 0 Å². The fourth-order valence-corrected chi connectivity index (χ4v) is 2.28. The zero-order valence-corrected chi connectivity index (χ0v) is 11.3. The number of hydrogen-bond donors (Lipinski definition) is 1. The first-order valence-corrected chi connectivity index (χ1v) is 6.61. The van der Waals surface area contributed by atoms with Crippen molar-refractivity contribution in [2.45, 2.75) is 6.92 Å². The molecule has 0 aliphatic rings. The second kappa shape index (κ2) is 4.55. The van der Waals surface area contributed by atoms with Crippen LogP contribution in [-0.4, -0.2) is 35.9 Å². The molecule has 4 aromatic rings. The molecule has 21 heavy (non-hydrogen) atoms. The lowest BCUT2D eigenvalue weighted by Crippen LogP contribution is -1.97. The van der Waals surface area contributed by atoms with E-state index in [1.165, 1.54) is 0 Å². The number of hydrogen-bond acceptors (Lipinski definition) is 5. The summed E-state index contributed by atoms with van der Waals surface area (Å²) in [4.78, 5) is 20.2. The van der Waals surface area contributed by atoms with Crippen molar-refractivity contribution in [3.63, 3.8) is 0 Å². The van der Waals surface area contributed by atoms with Gasteiger partial charge in [0.05, 0.1) is 6.61 Å². The molecule has 4 aromatic heterocycles. The van der Waals surface area contributed by atoms with Crippen LogP contribution in [0.3, 0.4) is 0 Å². The standard InChI is InChI=1S/C14H12N6O/c1-2-21-14-18-7-11-10(6-16-12(11)19-14)9-5-17-13-15-3-4-20(13)8-9/h3-8H,2H2,1H3,(H,16,18,19). The van der Waals surface area contributed by atoms with Gasteiger partial charge in [-0.1, -0.05) is 0 Å². The number of ether oxygens (including phenoxy) is 1. The highest BCUT2D eigenvalue weighted by atomic mass is 16.5.